The van der Waals surface area contributed by atoms with E-state index >= 15 is 0 Å². The molecular formula is C31H23NO. The van der Waals surface area contributed by atoms with Crippen molar-refractivity contribution in [2.75, 3.05) is 0 Å². The molecule has 0 aliphatic carbocycles. The van der Waals surface area contributed by atoms with Gasteiger partial charge in [-0.1, -0.05) is 91.9 Å². The van der Waals surface area contributed by atoms with Crippen molar-refractivity contribution in [2.45, 2.75) is 12.8 Å². The molecule has 158 valence electrons. The summed E-state index contributed by atoms with van der Waals surface area (Å²) in [5.41, 5.74) is 8.61. The Morgan fingerprint density at radius 1 is 0.667 bits per heavy atom. The molecule has 0 amide bonds. The molecule has 2 nitrogen and oxygen atoms in total. The van der Waals surface area contributed by atoms with Crippen molar-refractivity contribution in [3.63, 3.8) is 0 Å². The highest BCUT2D eigenvalue weighted by Gasteiger charge is 2.18. The lowest BCUT2D eigenvalue weighted by Crippen LogP contribution is -1.97. The van der Waals surface area contributed by atoms with E-state index in [0.717, 1.165) is 33.2 Å². The molecule has 0 aliphatic rings. The molecule has 6 aromatic rings. The maximum Gasteiger partial charge on any atom is 0.145 e. The first kappa shape index (κ1) is 19.5. The first-order valence-corrected chi connectivity index (χ1v) is 11.3. The maximum absolute atomic E-state index is 6.45. The SMILES string of the molecule is CC(c1ccccc1)c1ccnc(-c2ccc(-c3ccccc3)c3c2oc2ccccc23)c1. The number of rotatable bonds is 4. The van der Waals surface area contributed by atoms with Crippen LogP contribution in [0.4, 0.5) is 0 Å². The number of pyridine rings is 1. The van der Waals surface area contributed by atoms with Crippen LogP contribution in [0.2, 0.25) is 0 Å². The summed E-state index contributed by atoms with van der Waals surface area (Å²) in [6, 6.07) is 38.0. The Balaban J connectivity index is 1.56. The molecule has 33 heavy (non-hydrogen) atoms. The lowest BCUT2D eigenvalue weighted by Gasteiger charge is -2.14. The second kappa shape index (κ2) is 8.07. The van der Waals surface area contributed by atoms with E-state index in [4.69, 9.17) is 9.40 Å². The molecule has 0 aliphatic heterocycles. The summed E-state index contributed by atoms with van der Waals surface area (Å²) in [5.74, 6) is 0.280. The number of para-hydroxylation sites is 1. The minimum Gasteiger partial charge on any atom is -0.455 e. The monoisotopic (exact) mass is 425 g/mol. The predicted octanol–water partition coefficient (Wildman–Crippen LogP) is 8.47. The zero-order chi connectivity index (χ0) is 22.2. The lowest BCUT2D eigenvalue weighted by atomic mass is 9.92. The van der Waals surface area contributed by atoms with E-state index in [-0.39, 0.29) is 5.92 Å². The van der Waals surface area contributed by atoms with Crippen LogP contribution in [0.5, 0.6) is 0 Å². The predicted molar refractivity (Wildman–Crippen MR) is 136 cm³/mol. The molecule has 2 heterocycles. The molecule has 0 saturated heterocycles. The van der Waals surface area contributed by atoms with Gasteiger partial charge in [0.05, 0.1) is 5.69 Å². The van der Waals surface area contributed by atoms with Gasteiger partial charge in [-0.25, -0.2) is 0 Å². The Kier molecular flexibility index (Phi) is 4.77. The van der Waals surface area contributed by atoms with Crippen LogP contribution in [0, 0.1) is 0 Å². The minimum absolute atomic E-state index is 0.280. The Bertz CT molecular complexity index is 1570. The topological polar surface area (TPSA) is 26.0 Å². The number of benzene rings is 4. The molecule has 0 bridgehead atoms. The summed E-state index contributed by atoms with van der Waals surface area (Å²) in [7, 11) is 0. The van der Waals surface area contributed by atoms with Gasteiger partial charge in [-0.2, -0.15) is 0 Å². The fourth-order valence-electron chi connectivity index (χ4n) is 4.69. The third-order valence-electron chi connectivity index (χ3n) is 6.47. The molecule has 0 fully saturated rings. The average Bonchev–Trinajstić information content (AvgIpc) is 3.28. The molecule has 0 radical (unpaired) electrons. The van der Waals surface area contributed by atoms with E-state index < -0.39 is 0 Å². The van der Waals surface area contributed by atoms with Crippen LogP contribution in [0.3, 0.4) is 0 Å². The molecule has 0 spiro atoms. The van der Waals surface area contributed by atoms with Crippen molar-refractivity contribution in [1.82, 2.24) is 4.98 Å². The van der Waals surface area contributed by atoms with Crippen LogP contribution in [-0.4, -0.2) is 4.98 Å². The number of fused-ring (bicyclic) bond motifs is 3. The van der Waals surface area contributed by atoms with E-state index in [0.29, 0.717) is 0 Å². The fourth-order valence-corrected chi connectivity index (χ4v) is 4.69. The number of hydrogen-bond acceptors (Lipinski definition) is 2. The van der Waals surface area contributed by atoms with Crippen LogP contribution in [0.1, 0.15) is 24.0 Å². The summed E-state index contributed by atoms with van der Waals surface area (Å²) < 4.78 is 6.45. The third kappa shape index (κ3) is 3.41. The summed E-state index contributed by atoms with van der Waals surface area (Å²) in [5, 5.41) is 2.26. The second-order valence-electron chi connectivity index (χ2n) is 8.44. The van der Waals surface area contributed by atoms with Crippen LogP contribution in [0.25, 0.3) is 44.3 Å². The first-order chi connectivity index (χ1) is 16.3. The van der Waals surface area contributed by atoms with Crippen molar-refractivity contribution in [3.8, 4) is 22.4 Å². The Morgan fingerprint density at radius 2 is 1.36 bits per heavy atom. The van der Waals surface area contributed by atoms with Crippen LogP contribution >= 0.6 is 0 Å². The molecule has 6 rings (SSSR count). The number of hydrogen-bond donors (Lipinski definition) is 0. The molecule has 0 N–H and O–H groups in total. The van der Waals surface area contributed by atoms with Gasteiger partial charge in [0.2, 0.25) is 0 Å². The van der Waals surface area contributed by atoms with Crippen LogP contribution < -0.4 is 0 Å². The standard InChI is InChI=1S/C31H23NO/c1-21(22-10-4-2-5-11-22)24-18-19-32-28(20-24)26-17-16-25(23-12-6-3-7-13-23)30-27-14-8-9-15-29(27)33-31(26)30/h2-21H,1H3. The molecule has 1 unspecified atom stereocenters. The Labute approximate surface area is 193 Å². The first-order valence-electron chi connectivity index (χ1n) is 11.3. The van der Waals surface area contributed by atoms with Gasteiger partial charge in [-0.15, -0.1) is 0 Å². The molecular weight excluding hydrogens is 402 g/mol. The van der Waals surface area contributed by atoms with Crippen molar-refractivity contribution in [3.05, 3.63) is 127 Å². The summed E-state index contributed by atoms with van der Waals surface area (Å²) >= 11 is 0. The average molecular weight is 426 g/mol. The smallest absolute Gasteiger partial charge is 0.145 e. The zero-order valence-electron chi connectivity index (χ0n) is 18.4. The normalized spacial score (nSPS) is 12.3. The number of nitrogens with zero attached hydrogens (tertiary/aromatic N) is 1. The van der Waals surface area contributed by atoms with Gasteiger partial charge in [0.15, 0.2) is 0 Å². The Morgan fingerprint density at radius 3 is 2.18 bits per heavy atom. The molecule has 2 heteroatoms. The van der Waals surface area contributed by atoms with Gasteiger partial charge < -0.3 is 4.42 Å². The van der Waals surface area contributed by atoms with E-state index in [1.165, 1.54) is 22.3 Å². The van der Waals surface area contributed by atoms with Crippen LogP contribution in [-0.2, 0) is 0 Å². The third-order valence-corrected chi connectivity index (χ3v) is 6.47. The minimum atomic E-state index is 0.280. The van der Waals surface area contributed by atoms with Gasteiger partial charge in [0.25, 0.3) is 0 Å². The molecule has 1 atom stereocenters. The second-order valence-corrected chi connectivity index (χ2v) is 8.44. The van der Waals surface area contributed by atoms with Gasteiger partial charge >= 0.3 is 0 Å². The number of furan rings is 1. The van der Waals surface area contributed by atoms with Gasteiger partial charge in [0, 0.05) is 28.5 Å². The van der Waals surface area contributed by atoms with Crippen LogP contribution in [0.15, 0.2) is 120 Å². The van der Waals surface area contributed by atoms with Gasteiger partial charge in [-0.05, 0) is 46.5 Å². The van der Waals surface area contributed by atoms with Crippen molar-refractivity contribution >= 4 is 21.9 Å². The highest BCUT2D eigenvalue weighted by atomic mass is 16.3. The van der Waals surface area contributed by atoms with E-state index in [1.807, 2.05) is 24.4 Å². The van der Waals surface area contributed by atoms with E-state index in [9.17, 15) is 0 Å². The van der Waals surface area contributed by atoms with Gasteiger partial charge in [-0.3, -0.25) is 4.98 Å². The van der Waals surface area contributed by atoms with Crippen molar-refractivity contribution in [2.24, 2.45) is 0 Å². The molecule has 2 aromatic heterocycles. The quantitative estimate of drug-likeness (QED) is 0.283. The Hall–Kier alpha value is -4.17. The largest absolute Gasteiger partial charge is 0.455 e. The molecule has 4 aromatic carbocycles. The highest BCUT2D eigenvalue weighted by Crippen LogP contribution is 2.41. The summed E-state index contributed by atoms with van der Waals surface area (Å²) in [4.78, 5) is 4.75. The van der Waals surface area contributed by atoms with Gasteiger partial charge in [0.1, 0.15) is 11.2 Å². The fraction of sp³-hybridized carbons (Fsp3) is 0.0645. The van der Waals surface area contributed by atoms with Crippen molar-refractivity contribution < 1.29 is 4.42 Å². The zero-order valence-corrected chi connectivity index (χ0v) is 18.4. The number of aromatic nitrogens is 1. The highest BCUT2D eigenvalue weighted by molar-refractivity contribution is 6.16. The molecule has 0 saturated carbocycles. The van der Waals surface area contributed by atoms with E-state index in [2.05, 4.69) is 97.9 Å². The summed E-state index contributed by atoms with van der Waals surface area (Å²) in [6.07, 6.45) is 1.91. The summed E-state index contributed by atoms with van der Waals surface area (Å²) in [6.45, 7) is 2.24. The lowest BCUT2D eigenvalue weighted by molar-refractivity contribution is 0.670. The maximum atomic E-state index is 6.45. The van der Waals surface area contributed by atoms with Crippen molar-refractivity contribution in [1.29, 1.82) is 0 Å². The van der Waals surface area contributed by atoms with E-state index in [1.54, 1.807) is 0 Å².